The average molecular weight is 268 g/mol. The van der Waals surface area contributed by atoms with Crippen molar-refractivity contribution in [2.75, 3.05) is 0 Å². The molecule has 3 nitrogen and oxygen atoms in total. The quantitative estimate of drug-likeness (QED) is 0.820. The number of aliphatic hydroxyl groups excluding tert-OH is 1. The first-order chi connectivity index (χ1) is 9.59. The largest absolute Gasteiger partial charge is 0.478 e. The van der Waals surface area contributed by atoms with Gasteiger partial charge in [0.25, 0.3) is 0 Å². The van der Waals surface area contributed by atoms with Crippen molar-refractivity contribution in [2.45, 2.75) is 12.5 Å². The molecule has 1 unspecified atom stereocenters. The van der Waals surface area contributed by atoms with Gasteiger partial charge in [0, 0.05) is 6.42 Å². The standard InChI is InChI=1S/C17H16O3/c1-12(17(19)20)16(18)11-14-9-5-6-10-15(14)13-7-3-2-4-8-13/h2-10,16,18H,1,11H2,(H,19,20). The molecule has 0 saturated carbocycles. The summed E-state index contributed by atoms with van der Waals surface area (Å²) in [5, 5.41) is 18.8. The van der Waals surface area contributed by atoms with Gasteiger partial charge in [-0.25, -0.2) is 4.79 Å². The first-order valence-electron chi connectivity index (χ1n) is 6.33. The van der Waals surface area contributed by atoms with E-state index in [1.54, 1.807) is 0 Å². The molecule has 20 heavy (non-hydrogen) atoms. The van der Waals surface area contributed by atoms with Crippen LogP contribution in [0, 0.1) is 0 Å². The number of carbonyl (C=O) groups is 1. The number of hydrogen-bond acceptors (Lipinski definition) is 2. The normalized spacial score (nSPS) is 11.8. The van der Waals surface area contributed by atoms with Gasteiger partial charge in [-0.05, 0) is 16.7 Å². The molecule has 1 atom stereocenters. The Kier molecular flexibility index (Phi) is 4.33. The number of aliphatic carboxylic acids is 1. The number of hydrogen-bond donors (Lipinski definition) is 2. The van der Waals surface area contributed by atoms with Gasteiger partial charge in [0.2, 0.25) is 0 Å². The van der Waals surface area contributed by atoms with E-state index in [0.717, 1.165) is 16.7 Å². The van der Waals surface area contributed by atoms with Crippen molar-refractivity contribution in [1.82, 2.24) is 0 Å². The maximum Gasteiger partial charge on any atom is 0.333 e. The summed E-state index contributed by atoms with van der Waals surface area (Å²) in [5.41, 5.74) is 2.74. The van der Waals surface area contributed by atoms with E-state index in [4.69, 9.17) is 5.11 Å². The topological polar surface area (TPSA) is 57.5 Å². The summed E-state index contributed by atoms with van der Waals surface area (Å²) in [7, 11) is 0. The molecule has 0 aliphatic rings. The Balaban J connectivity index is 2.30. The molecule has 0 amide bonds. The van der Waals surface area contributed by atoms with Gasteiger partial charge >= 0.3 is 5.97 Å². The van der Waals surface area contributed by atoms with Crippen molar-refractivity contribution in [1.29, 1.82) is 0 Å². The van der Waals surface area contributed by atoms with Crippen LogP contribution in [0.3, 0.4) is 0 Å². The smallest absolute Gasteiger partial charge is 0.333 e. The van der Waals surface area contributed by atoms with E-state index < -0.39 is 12.1 Å². The van der Waals surface area contributed by atoms with E-state index in [2.05, 4.69) is 6.58 Å². The fourth-order valence-electron chi connectivity index (χ4n) is 2.07. The lowest BCUT2D eigenvalue weighted by Gasteiger charge is -2.14. The first-order valence-corrected chi connectivity index (χ1v) is 6.33. The van der Waals surface area contributed by atoms with Gasteiger partial charge in [-0.1, -0.05) is 61.2 Å². The Hall–Kier alpha value is -2.39. The monoisotopic (exact) mass is 268 g/mol. The Bertz CT molecular complexity index is 617. The van der Waals surface area contributed by atoms with Gasteiger partial charge in [0.05, 0.1) is 11.7 Å². The Morgan fingerprint density at radius 3 is 2.30 bits per heavy atom. The Morgan fingerprint density at radius 1 is 1.05 bits per heavy atom. The molecule has 0 aliphatic heterocycles. The van der Waals surface area contributed by atoms with Crippen molar-refractivity contribution >= 4 is 5.97 Å². The second-order valence-electron chi connectivity index (χ2n) is 4.57. The zero-order valence-corrected chi connectivity index (χ0v) is 11.0. The molecule has 2 rings (SSSR count). The third-order valence-electron chi connectivity index (χ3n) is 3.19. The van der Waals surface area contributed by atoms with Crippen molar-refractivity contribution < 1.29 is 15.0 Å². The Morgan fingerprint density at radius 2 is 1.65 bits per heavy atom. The van der Waals surface area contributed by atoms with E-state index in [0.29, 0.717) is 0 Å². The zero-order valence-electron chi connectivity index (χ0n) is 11.0. The minimum absolute atomic E-state index is 0.187. The summed E-state index contributed by atoms with van der Waals surface area (Å²) >= 11 is 0. The predicted octanol–water partition coefficient (Wildman–Crippen LogP) is 2.90. The minimum atomic E-state index is -1.17. The van der Waals surface area contributed by atoms with Crippen molar-refractivity contribution in [2.24, 2.45) is 0 Å². The second kappa shape index (κ2) is 6.17. The van der Waals surface area contributed by atoms with Crippen LogP contribution in [-0.2, 0) is 11.2 Å². The summed E-state index contributed by atoms with van der Waals surface area (Å²) < 4.78 is 0. The molecule has 3 heteroatoms. The predicted molar refractivity (Wildman–Crippen MR) is 78.4 cm³/mol. The van der Waals surface area contributed by atoms with Gasteiger partial charge in [-0.15, -0.1) is 0 Å². The van der Waals surface area contributed by atoms with Crippen molar-refractivity contribution in [3.8, 4) is 11.1 Å². The van der Waals surface area contributed by atoms with Crippen molar-refractivity contribution in [3.05, 3.63) is 72.3 Å². The first kappa shape index (κ1) is 14.0. The highest BCUT2D eigenvalue weighted by Crippen LogP contribution is 2.25. The second-order valence-corrected chi connectivity index (χ2v) is 4.57. The van der Waals surface area contributed by atoms with Gasteiger partial charge in [-0.2, -0.15) is 0 Å². The third kappa shape index (κ3) is 3.13. The van der Waals surface area contributed by atoms with Crippen LogP contribution >= 0.6 is 0 Å². The lowest BCUT2D eigenvalue weighted by atomic mass is 9.94. The lowest BCUT2D eigenvalue weighted by molar-refractivity contribution is -0.133. The summed E-state index contributed by atoms with van der Waals surface area (Å²) in [5.74, 6) is -1.17. The van der Waals surface area contributed by atoms with E-state index in [1.807, 2.05) is 54.6 Å². The van der Waals surface area contributed by atoms with E-state index in [9.17, 15) is 9.90 Å². The van der Waals surface area contributed by atoms with Crippen LogP contribution in [0.4, 0.5) is 0 Å². The number of rotatable bonds is 5. The molecule has 0 spiro atoms. The fraction of sp³-hybridized carbons (Fsp3) is 0.118. The highest BCUT2D eigenvalue weighted by Gasteiger charge is 2.17. The van der Waals surface area contributed by atoms with E-state index in [-0.39, 0.29) is 12.0 Å². The van der Waals surface area contributed by atoms with Crippen LogP contribution in [0.25, 0.3) is 11.1 Å². The highest BCUT2D eigenvalue weighted by molar-refractivity contribution is 5.87. The van der Waals surface area contributed by atoms with Crippen LogP contribution in [0.1, 0.15) is 5.56 Å². The van der Waals surface area contributed by atoms with Crippen LogP contribution in [0.2, 0.25) is 0 Å². The molecule has 0 saturated heterocycles. The SMILES string of the molecule is C=C(C(=O)O)C(O)Cc1ccccc1-c1ccccc1. The third-order valence-corrected chi connectivity index (χ3v) is 3.19. The van der Waals surface area contributed by atoms with Gasteiger partial charge in [0.15, 0.2) is 0 Å². The molecular weight excluding hydrogens is 252 g/mol. The molecule has 102 valence electrons. The summed E-state index contributed by atoms with van der Waals surface area (Å²) in [4.78, 5) is 10.8. The molecule has 2 aromatic carbocycles. The number of aliphatic hydroxyl groups is 1. The van der Waals surface area contributed by atoms with Crippen LogP contribution < -0.4 is 0 Å². The lowest BCUT2D eigenvalue weighted by Crippen LogP contribution is -2.19. The molecule has 0 aliphatic carbocycles. The van der Waals surface area contributed by atoms with E-state index >= 15 is 0 Å². The average Bonchev–Trinajstić information content (AvgIpc) is 2.47. The van der Waals surface area contributed by atoms with Gasteiger partial charge in [-0.3, -0.25) is 0 Å². The summed E-state index contributed by atoms with van der Waals surface area (Å²) in [6, 6.07) is 17.4. The molecule has 2 N–H and O–H groups in total. The summed E-state index contributed by atoms with van der Waals surface area (Å²) in [6.45, 7) is 3.40. The molecule has 0 fully saturated rings. The van der Waals surface area contributed by atoms with Crippen LogP contribution in [0.5, 0.6) is 0 Å². The van der Waals surface area contributed by atoms with Crippen LogP contribution in [-0.4, -0.2) is 22.3 Å². The number of carboxylic acids is 1. The minimum Gasteiger partial charge on any atom is -0.478 e. The molecule has 2 aromatic rings. The number of benzene rings is 2. The number of carboxylic acid groups (broad SMARTS) is 1. The molecule has 0 aromatic heterocycles. The highest BCUT2D eigenvalue weighted by atomic mass is 16.4. The fourth-order valence-corrected chi connectivity index (χ4v) is 2.07. The molecule has 0 radical (unpaired) electrons. The maximum absolute atomic E-state index is 10.8. The molecule has 0 bridgehead atoms. The molecule has 0 heterocycles. The van der Waals surface area contributed by atoms with Gasteiger partial charge < -0.3 is 10.2 Å². The van der Waals surface area contributed by atoms with Gasteiger partial charge in [0.1, 0.15) is 0 Å². The maximum atomic E-state index is 10.8. The van der Waals surface area contributed by atoms with Crippen molar-refractivity contribution in [3.63, 3.8) is 0 Å². The van der Waals surface area contributed by atoms with Crippen LogP contribution in [0.15, 0.2) is 66.7 Å². The molecular formula is C17H16O3. The Labute approximate surface area is 117 Å². The van der Waals surface area contributed by atoms with E-state index in [1.165, 1.54) is 0 Å². The summed E-state index contributed by atoms with van der Waals surface area (Å²) in [6.07, 6.45) is -0.853. The zero-order chi connectivity index (χ0) is 14.5.